The predicted molar refractivity (Wildman–Crippen MR) is 66.9 cm³/mol. The molecule has 0 spiro atoms. The minimum atomic E-state index is -1.03. The molecule has 0 aliphatic carbocycles. The van der Waals surface area contributed by atoms with E-state index in [1.807, 2.05) is 0 Å². The summed E-state index contributed by atoms with van der Waals surface area (Å²) in [5.41, 5.74) is 0.426. The lowest BCUT2D eigenvalue weighted by Gasteiger charge is -2.07. The van der Waals surface area contributed by atoms with Gasteiger partial charge in [-0.15, -0.1) is 0 Å². The summed E-state index contributed by atoms with van der Waals surface area (Å²) in [5, 5.41) is 2.47. The van der Waals surface area contributed by atoms with E-state index in [0.717, 1.165) is 12.1 Å². The fourth-order valence-corrected chi connectivity index (χ4v) is 1.88. The van der Waals surface area contributed by atoms with Crippen molar-refractivity contribution >= 4 is 11.6 Å². The third kappa shape index (κ3) is 2.16. The number of nitrogens with one attached hydrogen (secondary N) is 1. The Morgan fingerprint density at radius 1 is 1.10 bits per heavy atom. The smallest absolute Gasteiger partial charge is 0.259 e. The average Bonchev–Trinajstić information content (AvgIpc) is 2.91. The zero-order chi connectivity index (χ0) is 14.1. The number of benzene rings is 2. The molecule has 4 nitrogen and oxygen atoms in total. The highest BCUT2D eigenvalue weighted by Gasteiger charge is 2.21. The van der Waals surface area contributed by atoms with Crippen LogP contribution in [0.2, 0.25) is 0 Å². The van der Waals surface area contributed by atoms with Crippen molar-refractivity contribution < 1.29 is 23.0 Å². The molecule has 0 fully saturated rings. The Kier molecular flexibility index (Phi) is 2.98. The second-order valence-corrected chi connectivity index (χ2v) is 4.12. The van der Waals surface area contributed by atoms with Crippen molar-refractivity contribution in [3.63, 3.8) is 0 Å². The first kappa shape index (κ1) is 12.4. The topological polar surface area (TPSA) is 47.6 Å². The average molecular weight is 277 g/mol. The molecule has 2 aromatic carbocycles. The number of carbonyl (C=O) groups excluding carboxylic acids is 1. The summed E-state index contributed by atoms with van der Waals surface area (Å²) in [6.07, 6.45) is 0. The molecule has 102 valence electrons. The molecule has 0 atom stereocenters. The first-order valence-corrected chi connectivity index (χ1v) is 5.80. The van der Waals surface area contributed by atoms with Gasteiger partial charge in [0.25, 0.3) is 5.91 Å². The van der Waals surface area contributed by atoms with E-state index in [0.29, 0.717) is 11.5 Å². The molecule has 0 unspecified atom stereocenters. The largest absolute Gasteiger partial charge is 0.454 e. The van der Waals surface area contributed by atoms with Crippen LogP contribution in [0.1, 0.15) is 10.4 Å². The molecule has 0 saturated heterocycles. The molecule has 6 heteroatoms. The Balaban J connectivity index is 1.87. The molecular weight excluding hydrogens is 268 g/mol. The molecule has 3 rings (SSSR count). The van der Waals surface area contributed by atoms with Crippen LogP contribution in [0.25, 0.3) is 0 Å². The number of hydrogen-bond donors (Lipinski definition) is 1. The Bertz CT molecular complexity index is 688. The molecule has 1 N–H and O–H groups in total. The lowest BCUT2D eigenvalue weighted by atomic mass is 10.1. The number of carbonyl (C=O) groups is 1. The van der Waals surface area contributed by atoms with E-state index in [1.54, 1.807) is 18.2 Å². The number of amides is 1. The number of para-hydroxylation sites is 1. The number of rotatable bonds is 2. The third-order valence-electron chi connectivity index (χ3n) is 2.82. The van der Waals surface area contributed by atoms with Crippen molar-refractivity contribution in [2.75, 3.05) is 12.1 Å². The monoisotopic (exact) mass is 277 g/mol. The van der Waals surface area contributed by atoms with E-state index in [4.69, 9.17) is 9.47 Å². The minimum absolute atomic E-state index is 0.0464. The molecule has 1 aliphatic heterocycles. The Morgan fingerprint density at radius 3 is 2.75 bits per heavy atom. The van der Waals surface area contributed by atoms with Gasteiger partial charge >= 0.3 is 0 Å². The van der Waals surface area contributed by atoms with Gasteiger partial charge in [-0.2, -0.15) is 0 Å². The Morgan fingerprint density at radius 2 is 1.95 bits per heavy atom. The highest BCUT2D eigenvalue weighted by atomic mass is 19.2. The minimum Gasteiger partial charge on any atom is -0.454 e. The van der Waals surface area contributed by atoms with Gasteiger partial charge in [-0.1, -0.05) is 6.07 Å². The number of ether oxygens (including phenoxy) is 2. The standard InChI is InChI=1S/C14H9F2NO3/c15-10-5-4-8(6-11(10)16)17-14(18)9-2-1-3-12-13(9)20-7-19-12/h1-6H,7H2,(H,17,18). The van der Waals surface area contributed by atoms with E-state index in [2.05, 4.69) is 5.32 Å². The lowest BCUT2D eigenvalue weighted by Crippen LogP contribution is -2.13. The van der Waals surface area contributed by atoms with Crippen LogP contribution in [0.5, 0.6) is 11.5 Å². The van der Waals surface area contributed by atoms with Gasteiger partial charge in [0.2, 0.25) is 6.79 Å². The highest BCUT2D eigenvalue weighted by Crippen LogP contribution is 2.35. The van der Waals surface area contributed by atoms with E-state index in [1.165, 1.54) is 6.07 Å². The van der Waals surface area contributed by atoms with E-state index in [-0.39, 0.29) is 18.0 Å². The van der Waals surface area contributed by atoms with Gasteiger partial charge in [-0.05, 0) is 24.3 Å². The molecule has 1 heterocycles. The van der Waals surface area contributed by atoms with Crippen LogP contribution >= 0.6 is 0 Å². The maximum Gasteiger partial charge on any atom is 0.259 e. The van der Waals surface area contributed by atoms with Crippen molar-refractivity contribution in [1.29, 1.82) is 0 Å². The fraction of sp³-hybridized carbons (Fsp3) is 0.0714. The van der Waals surface area contributed by atoms with Crippen LogP contribution in [0.4, 0.5) is 14.5 Å². The third-order valence-corrected chi connectivity index (χ3v) is 2.82. The van der Waals surface area contributed by atoms with Crippen LogP contribution in [0.3, 0.4) is 0 Å². The van der Waals surface area contributed by atoms with Gasteiger partial charge in [0.05, 0.1) is 5.56 Å². The number of hydrogen-bond acceptors (Lipinski definition) is 3. The van der Waals surface area contributed by atoms with Crippen molar-refractivity contribution in [3.05, 3.63) is 53.6 Å². The van der Waals surface area contributed by atoms with Crippen LogP contribution in [0, 0.1) is 11.6 Å². The lowest BCUT2D eigenvalue weighted by molar-refractivity contribution is 0.102. The zero-order valence-corrected chi connectivity index (χ0v) is 10.2. The molecule has 0 bridgehead atoms. The molecule has 1 amide bonds. The van der Waals surface area contributed by atoms with Gasteiger partial charge < -0.3 is 14.8 Å². The second-order valence-electron chi connectivity index (χ2n) is 4.12. The fourth-order valence-electron chi connectivity index (χ4n) is 1.88. The van der Waals surface area contributed by atoms with E-state index >= 15 is 0 Å². The Hall–Kier alpha value is -2.63. The van der Waals surface area contributed by atoms with E-state index in [9.17, 15) is 13.6 Å². The number of halogens is 2. The van der Waals surface area contributed by atoms with Crippen molar-refractivity contribution in [3.8, 4) is 11.5 Å². The van der Waals surface area contributed by atoms with Crippen molar-refractivity contribution in [2.24, 2.45) is 0 Å². The van der Waals surface area contributed by atoms with Gasteiger partial charge in [-0.3, -0.25) is 4.79 Å². The SMILES string of the molecule is O=C(Nc1ccc(F)c(F)c1)c1cccc2c1OCO2. The van der Waals surface area contributed by atoms with Gasteiger partial charge in [0.1, 0.15) is 0 Å². The first-order chi connectivity index (χ1) is 9.65. The quantitative estimate of drug-likeness (QED) is 0.918. The zero-order valence-electron chi connectivity index (χ0n) is 10.2. The predicted octanol–water partition coefficient (Wildman–Crippen LogP) is 2.95. The molecule has 2 aromatic rings. The van der Waals surface area contributed by atoms with Crippen LogP contribution < -0.4 is 14.8 Å². The normalized spacial score (nSPS) is 12.3. The summed E-state index contributed by atoms with van der Waals surface area (Å²) in [6.45, 7) is 0.0464. The maximum absolute atomic E-state index is 13.1. The summed E-state index contributed by atoms with van der Waals surface area (Å²) in [5.74, 6) is -1.67. The van der Waals surface area contributed by atoms with Crippen molar-refractivity contribution in [1.82, 2.24) is 0 Å². The highest BCUT2D eigenvalue weighted by molar-refractivity contribution is 6.06. The van der Waals surface area contributed by atoms with Crippen LogP contribution in [0.15, 0.2) is 36.4 Å². The summed E-state index contributed by atoms with van der Waals surface area (Å²) < 4.78 is 36.3. The first-order valence-electron chi connectivity index (χ1n) is 5.80. The number of anilines is 1. The summed E-state index contributed by atoms with van der Waals surface area (Å²) in [6, 6.07) is 8.01. The molecule has 0 aromatic heterocycles. The summed E-state index contributed by atoms with van der Waals surface area (Å²) in [4.78, 5) is 12.1. The maximum atomic E-state index is 13.1. The van der Waals surface area contributed by atoms with Gasteiger partial charge in [-0.25, -0.2) is 8.78 Å². The Labute approximate surface area is 112 Å². The molecule has 0 radical (unpaired) electrons. The van der Waals surface area contributed by atoms with Gasteiger partial charge in [0, 0.05) is 11.8 Å². The molecule has 1 aliphatic rings. The second kappa shape index (κ2) is 4.80. The summed E-state index contributed by atoms with van der Waals surface area (Å²) >= 11 is 0. The van der Waals surface area contributed by atoms with E-state index < -0.39 is 17.5 Å². The van der Waals surface area contributed by atoms with Crippen LogP contribution in [-0.4, -0.2) is 12.7 Å². The van der Waals surface area contributed by atoms with Gasteiger partial charge in [0.15, 0.2) is 23.1 Å². The van der Waals surface area contributed by atoms with Crippen LogP contribution in [-0.2, 0) is 0 Å². The molecule has 20 heavy (non-hydrogen) atoms. The van der Waals surface area contributed by atoms with Crippen molar-refractivity contribution in [2.45, 2.75) is 0 Å². The molecular formula is C14H9F2NO3. The molecule has 0 saturated carbocycles. The number of fused-ring (bicyclic) bond motifs is 1. The summed E-state index contributed by atoms with van der Waals surface area (Å²) in [7, 11) is 0.